The molecule has 0 saturated carbocycles. The van der Waals surface area contributed by atoms with Crippen LogP contribution < -0.4 is 9.47 Å². The Morgan fingerprint density at radius 3 is 2.43 bits per heavy atom. The van der Waals surface area contributed by atoms with E-state index in [1.54, 1.807) is 36.4 Å². The van der Waals surface area contributed by atoms with Crippen molar-refractivity contribution in [3.63, 3.8) is 0 Å². The van der Waals surface area contributed by atoms with E-state index in [4.69, 9.17) is 14.6 Å². The highest BCUT2D eigenvalue weighted by Gasteiger charge is 2.05. The van der Waals surface area contributed by atoms with E-state index in [9.17, 15) is 4.79 Å². The predicted octanol–water partition coefficient (Wildman–Crippen LogP) is 3.22. The molecule has 0 aliphatic heterocycles. The molecule has 0 aliphatic rings. The lowest BCUT2D eigenvalue weighted by Gasteiger charge is -2.11. The summed E-state index contributed by atoms with van der Waals surface area (Å²) in [5, 5.41) is 8.71. The monoisotopic (exact) mass is 286 g/mol. The second-order valence-corrected chi connectivity index (χ2v) is 4.48. The molecule has 1 N–H and O–H groups in total. The highest BCUT2D eigenvalue weighted by atomic mass is 16.5. The Hall–Kier alpha value is -2.33. The van der Waals surface area contributed by atoms with Gasteiger partial charge in [0.05, 0.1) is 6.61 Å². The van der Waals surface area contributed by atoms with Gasteiger partial charge in [-0.2, -0.15) is 0 Å². The molecule has 0 aliphatic carbocycles. The van der Waals surface area contributed by atoms with Crippen LogP contribution >= 0.6 is 0 Å². The van der Waals surface area contributed by atoms with Crippen LogP contribution in [0.25, 0.3) is 0 Å². The summed E-state index contributed by atoms with van der Waals surface area (Å²) in [5.41, 5.74) is 1.63. The molecule has 2 aromatic rings. The van der Waals surface area contributed by atoms with Crippen LogP contribution in [-0.4, -0.2) is 24.6 Å². The first-order valence-electron chi connectivity index (χ1n) is 6.86. The van der Waals surface area contributed by atoms with E-state index in [1.807, 2.05) is 13.0 Å². The first-order chi connectivity index (χ1) is 10.3. The number of aliphatic hydroxyl groups is 1. The lowest BCUT2D eigenvalue weighted by atomic mass is 10.1. The summed E-state index contributed by atoms with van der Waals surface area (Å²) < 4.78 is 11.1. The Balaban J connectivity index is 2.15. The molecule has 0 amide bonds. The molecule has 0 bridgehead atoms. The molecule has 0 unspecified atom stereocenters. The molecule has 0 aromatic heterocycles. The molecule has 0 heterocycles. The van der Waals surface area contributed by atoms with Crippen LogP contribution in [0.2, 0.25) is 0 Å². The van der Waals surface area contributed by atoms with Gasteiger partial charge in [0, 0.05) is 5.56 Å². The Kier molecular flexibility index (Phi) is 5.35. The van der Waals surface area contributed by atoms with E-state index in [0.717, 1.165) is 18.3 Å². The number of benzene rings is 2. The molecule has 0 fully saturated rings. The van der Waals surface area contributed by atoms with Crippen molar-refractivity contribution in [3.8, 4) is 17.2 Å². The van der Waals surface area contributed by atoms with Crippen molar-refractivity contribution in [1.82, 2.24) is 0 Å². The number of carbonyl (C=O) groups excluding carboxylic acids is 1. The molecule has 2 aromatic carbocycles. The number of rotatable bonds is 7. The van der Waals surface area contributed by atoms with E-state index < -0.39 is 0 Å². The van der Waals surface area contributed by atoms with Crippen molar-refractivity contribution in [3.05, 3.63) is 53.6 Å². The second kappa shape index (κ2) is 7.45. The topological polar surface area (TPSA) is 55.8 Å². The third kappa shape index (κ3) is 4.07. The van der Waals surface area contributed by atoms with Crippen molar-refractivity contribution >= 4 is 6.29 Å². The average Bonchev–Trinajstić information content (AvgIpc) is 2.54. The minimum absolute atomic E-state index is 0.0173. The summed E-state index contributed by atoms with van der Waals surface area (Å²) >= 11 is 0. The van der Waals surface area contributed by atoms with Gasteiger partial charge in [0.15, 0.2) is 0 Å². The van der Waals surface area contributed by atoms with E-state index in [1.165, 1.54) is 0 Å². The van der Waals surface area contributed by atoms with E-state index in [-0.39, 0.29) is 13.2 Å². The molecule has 4 nitrogen and oxygen atoms in total. The van der Waals surface area contributed by atoms with Gasteiger partial charge in [-0.05, 0) is 42.3 Å². The third-order valence-corrected chi connectivity index (χ3v) is 3.02. The number of aliphatic hydroxyl groups excluding tert-OH is 1. The zero-order valence-corrected chi connectivity index (χ0v) is 11.9. The zero-order valence-electron chi connectivity index (χ0n) is 11.9. The number of aryl methyl sites for hydroxylation is 1. The molecule has 2 rings (SSSR count). The summed E-state index contributed by atoms with van der Waals surface area (Å²) in [6.07, 6.45) is 1.63. The fourth-order valence-corrected chi connectivity index (χ4v) is 1.93. The van der Waals surface area contributed by atoms with Gasteiger partial charge in [0.25, 0.3) is 0 Å². The smallest absolute Gasteiger partial charge is 0.150 e. The van der Waals surface area contributed by atoms with Crippen LogP contribution in [0, 0.1) is 0 Å². The van der Waals surface area contributed by atoms with Gasteiger partial charge in [-0.3, -0.25) is 4.79 Å². The minimum Gasteiger partial charge on any atom is -0.491 e. The molecular weight excluding hydrogens is 268 g/mol. The highest BCUT2D eigenvalue weighted by Crippen LogP contribution is 2.28. The van der Waals surface area contributed by atoms with Crippen molar-refractivity contribution < 1.29 is 19.4 Å². The Morgan fingerprint density at radius 1 is 1.10 bits per heavy atom. The Morgan fingerprint density at radius 2 is 1.81 bits per heavy atom. The van der Waals surface area contributed by atoms with E-state index in [0.29, 0.717) is 22.8 Å². The molecular formula is C17H18O4. The summed E-state index contributed by atoms with van der Waals surface area (Å²) in [4.78, 5) is 10.9. The SMILES string of the molecule is CCc1ccc(C=O)cc1Oc1ccc(OCCO)cc1. The predicted molar refractivity (Wildman–Crippen MR) is 80.3 cm³/mol. The molecule has 0 atom stereocenters. The highest BCUT2D eigenvalue weighted by molar-refractivity contribution is 5.76. The van der Waals surface area contributed by atoms with Gasteiger partial charge in [0.1, 0.15) is 30.1 Å². The standard InChI is InChI=1S/C17H18O4/c1-2-14-4-3-13(12-19)11-17(14)21-16-7-5-15(6-8-16)20-10-9-18/h3-8,11-12,18H,2,9-10H2,1H3. The maximum Gasteiger partial charge on any atom is 0.150 e. The summed E-state index contributed by atoms with van der Waals surface area (Å²) in [6, 6.07) is 12.6. The van der Waals surface area contributed by atoms with Gasteiger partial charge in [-0.15, -0.1) is 0 Å². The molecule has 4 heteroatoms. The van der Waals surface area contributed by atoms with Crippen molar-refractivity contribution in [2.75, 3.05) is 13.2 Å². The maximum absolute atomic E-state index is 10.9. The van der Waals surface area contributed by atoms with Crippen LogP contribution in [-0.2, 0) is 6.42 Å². The fraction of sp³-hybridized carbons (Fsp3) is 0.235. The quantitative estimate of drug-likeness (QED) is 0.794. The van der Waals surface area contributed by atoms with Gasteiger partial charge >= 0.3 is 0 Å². The van der Waals surface area contributed by atoms with Crippen molar-refractivity contribution in [1.29, 1.82) is 0 Å². The van der Waals surface area contributed by atoms with E-state index >= 15 is 0 Å². The Labute approximate surface area is 123 Å². The molecule has 21 heavy (non-hydrogen) atoms. The van der Waals surface area contributed by atoms with Crippen molar-refractivity contribution in [2.24, 2.45) is 0 Å². The summed E-state index contributed by atoms with van der Waals surface area (Å²) in [5.74, 6) is 2.03. The fourth-order valence-electron chi connectivity index (χ4n) is 1.93. The number of carbonyl (C=O) groups is 1. The Bertz CT molecular complexity index is 590. The number of aldehydes is 1. The first kappa shape index (κ1) is 15.1. The largest absolute Gasteiger partial charge is 0.491 e. The van der Waals surface area contributed by atoms with Gasteiger partial charge in [-0.25, -0.2) is 0 Å². The second-order valence-electron chi connectivity index (χ2n) is 4.48. The molecule has 110 valence electrons. The lowest BCUT2D eigenvalue weighted by Crippen LogP contribution is -2.01. The lowest BCUT2D eigenvalue weighted by molar-refractivity contribution is 0.112. The number of hydrogen-bond donors (Lipinski definition) is 1. The van der Waals surface area contributed by atoms with Gasteiger partial charge in [-0.1, -0.05) is 19.1 Å². The normalized spacial score (nSPS) is 10.2. The van der Waals surface area contributed by atoms with Crippen LogP contribution in [0.5, 0.6) is 17.2 Å². The van der Waals surface area contributed by atoms with Crippen LogP contribution in [0.15, 0.2) is 42.5 Å². The van der Waals surface area contributed by atoms with Crippen LogP contribution in [0.4, 0.5) is 0 Å². The summed E-state index contributed by atoms with van der Waals surface area (Å²) in [7, 11) is 0. The molecule has 0 saturated heterocycles. The van der Waals surface area contributed by atoms with Crippen LogP contribution in [0.3, 0.4) is 0 Å². The molecule has 0 radical (unpaired) electrons. The van der Waals surface area contributed by atoms with E-state index in [2.05, 4.69) is 0 Å². The minimum atomic E-state index is -0.0173. The third-order valence-electron chi connectivity index (χ3n) is 3.02. The average molecular weight is 286 g/mol. The molecule has 0 spiro atoms. The maximum atomic E-state index is 10.9. The van der Waals surface area contributed by atoms with Crippen molar-refractivity contribution in [2.45, 2.75) is 13.3 Å². The number of hydrogen-bond acceptors (Lipinski definition) is 4. The first-order valence-corrected chi connectivity index (χ1v) is 6.86. The summed E-state index contributed by atoms with van der Waals surface area (Å²) in [6.45, 7) is 2.28. The van der Waals surface area contributed by atoms with Crippen LogP contribution in [0.1, 0.15) is 22.8 Å². The van der Waals surface area contributed by atoms with Gasteiger partial charge in [0.2, 0.25) is 0 Å². The zero-order chi connectivity index (χ0) is 15.1. The van der Waals surface area contributed by atoms with Gasteiger partial charge < -0.3 is 14.6 Å². The number of ether oxygens (including phenoxy) is 2.